The number of aliphatic imine (C=N–C) groups is 1. The van der Waals surface area contributed by atoms with Crippen LogP contribution in [0.5, 0.6) is 0 Å². The highest BCUT2D eigenvalue weighted by Crippen LogP contribution is 2.32. The molecular weight excluding hydrogens is 839 g/mol. The Morgan fingerprint density at radius 3 is 2.40 bits per heavy atom. The van der Waals surface area contributed by atoms with Crippen molar-refractivity contribution in [2.45, 2.75) is 63.6 Å². The molecule has 18 heteroatoms. The Kier molecular flexibility index (Phi) is 14.3. The van der Waals surface area contributed by atoms with Crippen LogP contribution in [-0.4, -0.2) is 132 Å². The molecule has 0 radical (unpaired) electrons. The summed E-state index contributed by atoms with van der Waals surface area (Å²) < 4.78 is 36.1. The number of carbonyl (C=O) groups is 5. The molecule has 3 saturated heterocycles. The summed E-state index contributed by atoms with van der Waals surface area (Å²) >= 11 is 0. The van der Waals surface area contributed by atoms with E-state index in [1.165, 1.54) is 18.3 Å². The maximum absolute atomic E-state index is 15.4. The molecule has 3 aromatic carbocycles. The summed E-state index contributed by atoms with van der Waals surface area (Å²) in [6, 6.07) is 12.0. The molecule has 16 nitrogen and oxygen atoms in total. The van der Waals surface area contributed by atoms with Crippen LogP contribution in [0.3, 0.4) is 0 Å². The summed E-state index contributed by atoms with van der Waals surface area (Å²) in [5, 5.41) is 8.49. The molecule has 4 aliphatic rings. The fourth-order valence-electron chi connectivity index (χ4n) is 8.63. The lowest BCUT2D eigenvalue weighted by molar-refractivity contribution is -0.136. The van der Waals surface area contributed by atoms with Crippen molar-refractivity contribution in [1.29, 1.82) is 0 Å². The van der Waals surface area contributed by atoms with Crippen molar-refractivity contribution in [3.05, 3.63) is 94.9 Å². The van der Waals surface area contributed by atoms with Crippen LogP contribution in [0.15, 0.2) is 65.9 Å². The molecule has 0 spiro atoms. The first kappa shape index (κ1) is 45.1. The fraction of sp³-hybridized carbons (Fsp3) is 0.404. The number of fused-ring (bicyclic) bond motifs is 2. The molecule has 4 aromatic rings. The highest BCUT2D eigenvalue weighted by atomic mass is 19.1. The van der Waals surface area contributed by atoms with Gasteiger partial charge in [0.2, 0.25) is 17.7 Å². The Bertz CT molecular complexity index is 2510. The van der Waals surface area contributed by atoms with E-state index in [4.69, 9.17) is 20.4 Å². The third-order valence-corrected chi connectivity index (χ3v) is 12.3. The third-order valence-electron chi connectivity index (χ3n) is 12.3. The van der Waals surface area contributed by atoms with Gasteiger partial charge in [-0.2, -0.15) is 0 Å². The van der Waals surface area contributed by atoms with E-state index in [-0.39, 0.29) is 48.0 Å². The average Bonchev–Trinajstić information content (AvgIpc) is 3.55. The topological polar surface area (TPSA) is 205 Å². The minimum Gasteiger partial charge on any atom is -0.404 e. The van der Waals surface area contributed by atoms with E-state index in [0.29, 0.717) is 98.1 Å². The zero-order valence-corrected chi connectivity index (χ0v) is 36.0. The van der Waals surface area contributed by atoms with Gasteiger partial charge in [-0.1, -0.05) is 12.1 Å². The minimum absolute atomic E-state index is 0.0242. The van der Waals surface area contributed by atoms with E-state index in [9.17, 15) is 24.0 Å². The number of amides is 5. The predicted octanol–water partition coefficient (Wildman–Crippen LogP) is 4.04. The normalized spacial score (nSPS) is 19.0. The number of para-hydroxylation sites is 1. The fourth-order valence-corrected chi connectivity index (χ4v) is 8.63. The molecule has 4 aliphatic heterocycles. The molecule has 65 heavy (non-hydrogen) atoms. The second-order valence-electron chi connectivity index (χ2n) is 16.7. The zero-order valence-electron chi connectivity index (χ0n) is 36.0. The van der Waals surface area contributed by atoms with Crippen molar-refractivity contribution in [1.82, 2.24) is 35.3 Å². The number of hydrogen-bond donors (Lipinski definition) is 4. The van der Waals surface area contributed by atoms with Crippen molar-refractivity contribution in [2.24, 2.45) is 10.7 Å². The Balaban J connectivity index is 0.751. The molecule has 1 aromatic heterocycles. The van der Waals surface area contributed by atoms with Gasteiger partial charge in [-0.05, 0) is 80.5 Å². The molecule has 1 unspecified atom stereocenters. The summed E-state index contributed by atoms with van der Waals surface area (Å²) in [5.41, 5.74) is 10.2. The monoisotopic (exact) mass is 890 g/mol. The number of nitrogens with two attached hydrogens (primary N) is 1. The van der Waals surface area contributed by atoms with Crippen LogP contribution in [-0.2, 0) is 25.7 Å². The maximum Gasteiger partial charge on any atom is 0.262 e. The number of allylic oxidation sites excluding steroid dienone is 1. The molecular formula is C47H52F2N10O6. The van der Waals surface area contributed by atoms with E-state index in [1.54, 1.807) is 48.8 Å². The molecule has 0 aliphatic carbocycles. The van der Waals surface area contributed by atoms with Crippen molar-refractivity contribution >= 4 is 58.0 Å². The largest absolute Gasteiger partial charge is 0.404 e. The Morgan fingerprint density at radius 2 is 1.65 bits per heavy atom. The number of carbonyl (C=O) groups excluding carboxylic acids is 5. The van der Waals surface area contributed by atoms with E-state index < -0.39 is 41.3 Å². The van der Waals surface area contributed by atoms with Crippen molar-refractivity contribution in [3.63, 3.8) is 0 Å². The van der Waals surface area contributed by atoms with Gasteiger partial charge in [-0.15, -0.1) is 0 Å². The number of aromatic nitrogens is 2. The van der Waals surface area contributed by atoms with Crippen LogP contribution < -0.4 is 21.7 Å². The van der Waals surface area contributed by atoms with Gasteiger partial charge in [0.05, 0.1) is 59.9 Å². The standard InChI is InChI=1S/C47H52F2N10O6/c48-37-21-29(22-38(49)36(37)27-58-17-19-65-20-18-58)33-5-4-6-39-44(33)55-40(26-54-39)30(24-50)25-53-31-11-15-57(16-12-31)28-43(61)52-14-3-1-2-13-51-32-7-8-34-35(23-32)47(64)59(46(34)63)41-9-10-42(60)56-45(41)62/h4-8,21-26,31,41,51H,1-3,9-20,27-28,50H2,(H,52,61)(H,56,60,62). The number of ether oxygens (including phenoxy) is 1. The quantitative estimate of drug-likeness (QED) is 0.0716. The van der Waals surface area contributed by atoms with Gasteiger partial charge in [-0.3, -0.25) is 54.0 Å². The van der Waals surface area contributed by atoms with Gasteiger partial charge >= 0.3 is 0 Å². The average molecular weight is 891 g/mol. The van der Waals surface area contributed by atoms with Gasteiger partial charge in [0, 0.05) is 87.0 Å². The van der Waals surface area contributed by atoms with Crippen LogP contribution in [0, 0.1) is 11.6 Å². The first-order valence-electron chi connectivity index (χ1n) is 22.1. The van der Waals surface area contributed by atoms with Crippen molar-refractivity contribution < 1.29 is 37.5 Å². The molecule has 340 valence electrons. The number of benzene rings is 3. The van der Waals surface area contributed by atoms with Crippen LogP contribution >= 0.6 is 0 Å². The second kappa shape index (κ2) is 20.6. The molecule has 5 heterocycles. The highest BCUT2D eigenvalue weighted by Gasteiger charge is 2.44. The highest BCUT2D eigenvalue weighted by molar-refractivity contribution is 6.23. The molecule has 1 atom stereocenters. The zero-order chi connectivity index (χ0) is 45.5. The van der Waals surface area contributed by atoms with Gasteiger partial charge in [-0.25, -0.2) is 13.8 Å². The number of halogens is 2. The van der Waals surface area contributed by atoms with Crippen molar-refractivity contribution in [3.8, 4) is 11.1 Å². The summed E-state index contributed by atoms with van der Waals surface area (Å²) in [6.07, 6.45) is 8.86. The Labute approximate surface area is 374 Å². The van der Waals surface area contributed by atoms with Crippen LogP contribution in [0.1, 0.15) is 76.9 Å². The molecule has 5 amide bonds. The lowest BCUT2D eigenvalue weighted by Gasteiger charge is -2.29. The Hall–Kier alpha value is -6.50. The van der Waals surface area contributed by atoms with Gasteiger partial charge < -0.3 is 21.1 Å². The minimum atomic E-state index is -1.01. The number of nitrogens with one attached hydrogen (secondary N) is 3. The van der Waals surface area contributed by atoms with E-state index in [1.807, 2.05) is 4.90 Å². The van der Waals surface area contributed by atoms with Crippen molar-refractivity contribution in [2.75, 3.05) is 64.3 Å². The molecule has 0 bridgehead atoms. The second-order valence-corrected chi connectivity index (χ2v) is 16.7. The first-order valence-corrected chi connectivity index (χ1v) is 22.1. The van der Waals surface area contributed by atoms with E-state index >= 15 is 8.78 Å². The number of piperidine rings is 2. The molecule has 0 saturated carbocycles. The number of nitrogens with zero attached hydrogens (tertiary/aromatic N) is 6. The summed E-state index contributed by atoms with van der Waals surface area (Å²) in [7, 11) is 0. The number of rotatable bonds is 16. The van der Waals surface area contributed by atoms with Gasteiger partial charge in [0.1, 0.15) is 17.7 Å². The molecule has 3 fully saturated rings. The lowest BCUT2D eigenvalue weighted by atomic mass is 10.0. The number of imide groups is 2. The lowest BCUT2D eigenvalue weighted by Crippen LogP contribution is -2.54. The number of unbranched alkanes of at least 4 members (excludes halogenated alkanes) is 2. The van der Waals surface area contributed by atoms with Gasteiger partial charge in [0.25, 0.3) is 11.8 Å². The first-order chi connectivity index (χ1) is 31.6. The van der Waals surface area contributed by atoms with Crippen LogP contribution in [0.4, 0.5) is 14.5 Å². The number of anilines is 1. The molecule has 8 rings (SSSR count). The Morgan fingerprint density at radius 1 is 0.892 bits per heavy atom. The van der Waals surface area contributed by atoms with E-state index in [2.05, 4.69) is 25.8 Å². The number of likely N-dealkylation sites (tertiary alicyclic amines) is 1. The predicted molar refractivity (Wildman–Crippen MR) is 240 cm³/mol. The maximum atomic E-state index is 15.4. The third kappa shape index (κ3) is 10.6. The van der Waals surface area contributed by atoms with Crippen LogP contribution in [0.25, 0.3) is 27.7 Å². The smallest absolute Gasteiger partial charge is 0.262 e. The summed E-state index contributed by atoms with van der Waals surface area (Å²) in [4.78, 5) is 81.9. The molecule has 5 N–H and O–H groups in total. The van der Waals surface area contributed by atoms with E-state index in [0.717, 1.165) is 37.0 Å². The summed E-state index contributed by atoms with van der Waals surface area (Å²) in [5.74, 6) is -3.42. The van der Waals surface area contributed by atoms with Gasteiger partial charge in [0.15, 0.2) is 0 Å². The van der Waals surface area contributed by atoms with Crippen LogP contribution in [0.2, 0.25) is 0 Å². The number of morpholine rings is 1. The number of hydrogen-bond acceptors (Lipinski definition) is 13. The SMILES string of the molecule is NC=C(C=NC1CCN(CC(=O)NCCCCCNc2ccc3c(c2)C(=O)N(C2CCC(=O)NC2=O)C3=O)CC1)c1cnc2cccc(-c3cc(F)c(CN4CCOCC4)c(F)c3)c2n1. The summed E-state index contributed by atoms with van der Waals surface area (Å²) in [6.45, 7) is 5.35.